The van der Waals surface area contributed by atoms with E-state index in [1.165, 1.54) is 4.90 Å². The molecule has 234 valence electrons. The number of amides is 4. The monoisotopic (exact) mass is 608 g/mol. The highest BCUT2D eigenvalue weighted by Gasteiger charge is 2.37. The van der Waals surface area contributed by atoms with Crippen LogP contribution in [0.3, 0.4) is 0 Å². The molecule has 5 rings (SSSR count). The van der Waals surface area contributed by atoms with E-state index in [1.54, 1.807) is 13.8 Å². The molecule has 4 amide bonds. The van der Waals surface area contributed by atoms with Gasteiger partial charge < -0.3 is 31.6 Å². The molecule has 1 aliphatic rings. The third-order valence-electron chi connectivity index (χ3n) is 8.16. The summed E-state index contributed by atoms with van der Waals surface area (Å²) in [4.78, 5) is 60.6. The first kappa shape index (κ1) is 31.5. The van der Waals surface area contributed by atoms with Gasteiger partial charge in [-0.05, 0) is 36.6 Å². The van der Waals surface area contributed by atoms with Crippen LogP contribution in [0.4, 0.5) is 0 Å². The summed E-state index contributed by atoms with van der Waals surface area (Å²) in [5.41, 5.74) is 9.55. The van der Waals surface area contributed by atoms with Gasteiger partial charge in [-0.1, -0.05) is 78.9 Å². The zero-order chi connectivity index (χ0) is 31.9. The molecule has 1 aromatic heterocycles. The molecule has 0 aliphatic carbocycles. The first-order valence-corrected chi connectivity index (χ1v) is 15.3. The molecule has 1 aliphatic heterocycles. The molecule has 1 saturated heterocycles. The Morgan fingerprint density at radius 1 is 0.689 bits per heavy atom. The molecule has 0 unspecified atom stereocenters. The Hall–Kier alpha value is -4.96. The van der Waals surface area contributed by atoms with Crippen LogP contribution in [0.25, 0.3) is 10.9 Å². The highest BCUT2D eigenvalue weighted by molar-refractivity contribution is 5.98. The van der Waals surface area contributed by atoms with Gasteiger partial charge in [0, 0.05) is 48.9 Å². The minimum absolute atomic E-state index is 0.0862. The maximum atomic E-state index is 14.2. The molecular formula is C35H40N6O4. The molecule has 0 spiro atoms. The van der Waals surface area contributed by atoms with Crippen LogP contribution < -0.4 is 21.7 Å². The first-order chi connectivity index (χ1) is 21.7. The number of para-hydroxylation sites is 1. The van der Waals surface area contributed by atoms with Crippen LogP contribution in [0.15, 0.2) is 91.1 Å². The van der Waals surface area contributed by atoms with Crippen molar-refractivity contribution < 1.29 is 19.2 Å². The summed E-state index contributed by atoms with van der Waals surface area (Å²) in [5.74, 6) is -1.91. The quantitative estimate of drug-likeness (QED) is 0.208. The van der Waals surface area contributed by atoms with Gasteiger partial charge in [0.15, 0.2) is 0 Å². The summed E-state index contributed by atoms with van der Waals surface area (Å²) < 4.78 is 0. The summed E-state index contributed by atoms with van der Waals surface area (Å²) >= 11 is 0. The molecule has 10 heteroatoms. The molecule has 0 radical (unpaired) electrons. The van der Waals surface area contributed by atoms with E-state index in [-0.39, 0.29) is 25.8 Å². The van der Waals surface area contributed by atoms with Crippen LogP contribution in [0.1, 0.15) is 30.5 Å². The van der Waals surface area contributed by atoms with Crippen molar-refractivity contribution in [2.24, 2.45) is 5.73 Å². The van der Waals surface area contributed by atoms with Crippen LogP contribution in [-0.2, 0) is 38.4 Å². The predicted molar refractivity (Wildman–Crippen MR) is 173 cm³/mol. The third kappa shape index (κ3) is 7.77. The van der Waals surface area contributed by atoms with Gasteiger partial charge in [0.1, 0.15) is 24.2 Å². The Morgan fingerprint density at radius 2 is 1.20 bits per heavy atom. The molecular weight excluding hydrogens is 568 g/mol. The van der Waals surface area contributed by atoms with Gasteiger partial charge in [0.25, 0.3) is 0 Å². The average molecular weight is 609 g/mol. The molecule has 3 aromatic carbocycles. The average Bonchev–Trinajstić information content (AvgIpc) is 3.45. The number of hydrogen-bond donors (Lipinski definition) is 5. The van der Waals surface area contributed by atoms with Crippen molar-refractivity contribution in [2.75, 3.05) is 6.54 Å². The smallest absolute Gasteiger partial charge is 0.246 e. The molecule has 6 N–H and O–H groups in total. The van der Waals surface area contributed by atoms with Crippen molar-refractivity contribution in [2.45, 2.75) is 63.3 Å². The van der Waals surface area contributed by atoms with Crippen molar-refractivity contribution in [1.82, 2.24) is 25.8 Å². The number of fused-ring (bicyclic) bond motifs is 1. The summed E-state index contributed by atoms with van der Waals surface area (Å²) in [6, 6.07) is 22.0. The summed E-state index contributed by atoms with van der Waals surface area (Å²) in [7, 11) is 0. The number of carbonyl (C=O) groups is 4. The number of aromatic nitrogens is 1. The Bertz CT molecular complexity index is 1640. The summed E-state index contributed by atoms with van der Waals surface area (Å²) in [5, 5.41) is 9.65. The largest absolute Gasteiger partial charge is 0.361 e. The zero-order valence-electron chi connectivity index (χ0n) is 25.5. The lowest BCUT2D eigenvalue weighted by atomic mass is 9.99. The van der Waals surface area contributed by atoms with Crippen LogP contribution in [0.2, 0.25) is 0 Å². The molecule has 45 heavy (non-hydrogen) atoms. The molecule has 1 fully saturated rings. The van der Waals surface area contributed by atoms with E-state index in [0.717, 1.165) is 27.6 Å². The number of carbonyl (C=O) groups excluding carboxylic acids is 4. The molecule has 2 heterocycles. The maximum Gasteiger partial charge on any atom is 0.246 e. The van der Waals surface area contributed by atoms with Crippen molar-refractivity contribution in [1.29, 1.82) is 0 Å². The molecule has 10 nitrogen and oxygen atoms in total. The molecule has 5 atom stereocenters. The standard InChI is InChI=1S/C35H40N6O4/c1-22(36)21-41-23(2)32(42)38-29(17-24-11-5-3-6-12-24)33(43)39-30(19-26-20-37-28-16-10-9-15-27(26)28)34(44)40-31(35(41)45)18-25-13-7-4-8-14-25/h3-16,20,22-23,29-31,37H,17-19,21,36H2,1-2H3,(H,38,42)(H,39,43)(H,40,44)/t22-,23-,29+,30-,31+/m1/s1. The summed E-state index contributed by atoms with van der Waals surface area (Å²) in [6.45, 7) is 3.45. The minimum atomic E-state index is -1.03. The number of hydrogen-bond acceptors (Lipinski definition) is 5. The fraction of sp³-hybridized carbons (Fsp3) is 0.314. The lowest BCUT2D eigenvalue weighted by Crippen LogP contribution is -2.63. The van der Waals surface area contributed by atoms with Crippen molar-refractivity contribution in [3.8, 4) is 0 Å². The first-order valence-electron chi connectivity index (χ1n) is 15.3. The number of nitrogens with zero attached hydrogens (tertiary/aromatic N) is 1. The minimum Gasteiger partial charge on any atom is -0.361 e. The van der Waals surface area contributed by atoms with E-state index in [0.29, 0.717) is 0 Å². The Labute approximate surface area is 262 Å². The topological polar surface area (TPSA) is 149 Å². The number of nitrogens with one attached hydrogen (secondary N) is 4. The van der Waals surface area contributed by atoms with Gasteiger partial charge in [-0.25, -0.2) is 0 Å². The van der Waals surface area contributed by atoms with Crippen molar-refractivity contribution in [3.05, 3.63) is 108 Å². The maximum absolute atomic E-state index is 14.2. The van der Waals surface area contributed by atoms with Crippen LogP contribution in [0.5, 0.6) is 0 Å². The fourth-order valence-corrected chi connectivity index (χ4v) is 5.77. The van der Waals surface area contributed by atoms with E-state index in [4.69, 9.17) is 5.73 Å². The second-order valence-corrected chi connectivity index (χ2v) is 11.8. The SMILES string of the molecule is C[C@@H]1C(=O)N[C@@H](Cc2ccccc2)C(=O)N[C@H](Cc2c[nH]c3ccccc23)C(=O)N[C@@H](Cc2ccccc2)C(=O)N1C[C@@H](C)N. The van der Waals surface area contributed by atoms with Crippen molar-refractivity contribution >= 4 is 34.5 Å². The van der Waals surface area contributed by atoms with E-state index < -0.39 is 53.8 Å². The highest BCUT2D eigenvalue weighted by atomic mass is 16.2. The van der Waals surface area contributed by atoms with Gasteiger partial charge in [0.05, 0.1) is 0 Å². The number of nitrogens with two attached hydrogens (primary N) is 1. The molecule has 0 saturated carbocycles. The van der Waals surface area contributed by atoms with Crippen LogP contribution >= 0.6 is 0 Å². The second kappa shape index (κ2) is 14.2. The fourth-order valence-electron chi connectivity index (χ4n) is 5.77. The molecule has 0 bridgehead atoms. The van der Waals surface area contributed by atoms with E-state index in [2.05, 4.69) is 20.9 Å². The lowest BCUT2D eigenvalue weighted by Gasteiger charge is -2.35. The van der Waals surface area contributed by atoms with Crippen LogP contribution in [0, 0.1) is 0 Å². The predicted octanol–water partition coefficient (Wildman–Crippen LogP) is 2.23. The zero-order valence-corrected chi connectivity index (χ0v) is 25.5. The van der Waals surface area contributed by atoms with Gasteiger partial charge in [-0.2, -0.15) is 0 Å². The number of H-pyrrole nitrogens is 1. The lowest BCUT2D eigenvalue weighted by molar-refractivity contribution is -0.144. The second-order valence-electron chi connectivity index (χ2n) is 11.8. The summed E-state index contributed by atoms with van der Waals surface area (Å²) in [6.07, 6.45) is 2.38. The van der Waals surface area contributed by atoms with E-state index in [1.807, 2.05) is 91.1 Å². The Morgan fingerprint density at radius 3 is 1.82 bits per heavy atom. The number of aromatic amines is 1. The Kier molecular flexibility index (Phi) is 9.94. The van der Waals surface area contributed by atoms with Gasteiger partial charge >= 0.3 is 0 Å². The molecule has 4 aromatic rings. The van der Waals surface area contributed by atoms with Gasteiger partial charge in [-0.15, -0.1) is 0 Å². The van der Waals surface area contributed by atoms with Gasteiger partial charge in [-0.3, -0.25) is 19.2 Å². The normalized spacial score (nSPS) is 22.2. The van der Waals surface area contributed by atoms with E-state index >= 15 is 0 Å². The van der Waals surface area contributed by atoms with Gasteiger partial charge in [0.2, 0.25) is 23.6 Å². The Balaban J connectivity index is 1.54. The van der Waals surface area contributed by atoms with Crippen molar-refractivity contribution in [3.63, 3.8) is 0 Å². The van der Waals surface area contributed by atoms with E-state index in [9.17, 15) is 19.2 Å². The highest BCUT2D eigenvalue weighted by Crippen LogP contribution is 2.20. The number of rotatable bonds is 8. The third-order valence-corrected chi connectivity index (χ3v) is 8.16. The van der Waals surface area contributed by atoms with Crippen LogP contribution in [-0.4, -0.2) is 70.3 Å². The number of benzene rings is 3.